The van der Waals surface area contributed by atoms with Crippen LogP contribution in [-0.4, -0.2) is 41.3 Å². The van der Waals surface area contributed by atoms with Crippen LogP contribution in [0.3, 0.4) is 0 Å². The maximum absolute atomic E-state index is 13.3. The monoisotopic (exact) mass is 387 g/mol. The SMILES string of the molecule is COc1ccc(NC(=O)C[C@@H]2SC(=Nc3cccc(F)c3)N(C)C2=O)cc1. The van der Waals surface area contributed by atoms with Crippen molar-refractivity contribution >= 4 is 40.1 Å². The summed E-state index contributed by atoms with van der Waals surface area (Å²) in [4.78, 5) is 30.4. The Morgan fingerprint density at radius 2 is 2.04 bits per heavy atom. The molecule has 0 saturated carbocycles. The highest BCUT2D eigenvalue weighted by Gasteiger charge is 2.37. The van der Waals surface area contributed by atoms with E-state index in [2.05, 4.69) is 10.3 Å². The quantitative estimate of drug-likeness (QED) is 0.853. The molecule has 0 aromatic heterocycles. The van der Waals surface area contributed by atoms with Crippen LogP contribution in [0.25, 0.3) is 0 Å². The van der Waals surface area contributed by atoms with Crippen molar-refractivity contribution in [1.29, 1.82) is 0 Å². The van der Waals surface area contributed by atoms with Crippen molar-refractivity contribution in [2.24, 2.45) is 4.99 Å². The van der Waals surface area contributed by atoms with Gasteiger partial charge in [0.25, 0.3) is 0 Å². The number of amidine groups is 1. The highest BCUT2D eigenvalue weighted by molar-refractivity contribution is 8.15. The van der Waals surface area contributed by atoms with Crippen LogP contribution in [0.15, 0.2) is 53.5 Å². The van der Waals surface area contributed by atoms with Crippen LogP contribution in [0, 0.1) is 5.82 Å². The molecular weight excluding hydrogens is 369 g/mol. The average Bonchev–Trinajstić information content (AvgIpc) is 2.90. The lowest BCUT2D eigenvalue weighted by molar-refractivity contribution is -0.127. The lowest BCUT2D eigenvalue weighted by atomic mass is 10.2. The van der Waals surface area contributed by atoms with Gasteiger partial charge in [-0.15, -0.1) is 0 Å². The Morgan fingerprint density at radius 3 is 2.70 bits per heavy atom. The zero-order valence-corrected chi connectivity index (χ0v) is 15.6. The van der Waals surface area contributed by atoms with E-state index in [1.807, 2.05) is 0 Å². The van der Waals surface area contributed by atoms with E-state index >= 15 is 0 Å². The number of benzene rings is 2. The third-order valence-corrected chi connectivity index (χ3v) is 5.15. The lowest BCUT2D eigenvalue weighted by Crippen LogP contribution is -2.30. The highest BCUT2D eigenvalue weighted by atomic mass is 32.2. The molecule has 0 bridgehead atoms. The number of anilines is 1. The van der Waals surface area contributed by atoms with Gasteiger partial charge in [-0.3, -0.25) is 14.5 Å². The molecule has 1 atom stereocenters. The second-order valence-corrected chi connectivity index (χ2v) is 7.03. The van der Waals surface area contributed by atoms with Crippen LogP contribution in [0.4, 0.5) is 15.8 Å². The lowest BCUT2D eigenvalue weighted by Gasteiger charge is -2.09. The summed E-state index contributed by atoms with van der Waals surface area (Å²) in [6.45, 7) is 0. The molecule has 0 unspecified atom stereocenters. The van der Waals surface area contributed by atoms with Gasteiger partial charge in [-0.2, -0.15) is 0 Å². The van der Waals surface area contributed by atoms with Crippen molar-refractivity contribution in [3.8, 4) is 5.75 Å². The fraction of sp³-hybridized carbons (Fsp3) is 0.211. The molecule has 1 fully saturated rings. The van der Waals surface area contributed by atoms with Crippen LogP contribution < -0.4 is 10.1 Å². The summed E-state index contributed by atoms with van der Waals surface area (Å²) in [5.74, 6) is -0.190. The Balaban J connectivity index is 1.64. The second-order valence-electron chi connectivity index (χ2n) is 5.86. The van der Waals surface area contributed by atoms with Gasteiger partial charge in [-0.05, 0) is 42.5 Å². The van der Waals surface area contributed by atoms with Crippen molar-refractivity contribution in [3.05, 3.63) is 54.3 Å². The van der Waals surface area contributed by atoms with Crippen LogP contribution in [0.5, 0.6) is 5.75 Å². The van der Waals surface area contributed by atoms with Gasteiger partial charge in [0.05, 0.1) is 12.8 Å². The molecule has 2 aromatic rings. The molecule has 3 rings (SSSR count). The minimum atomic E-state index is -0.569. The van der Waals surface area contributed by atoms with E-state index < -0.39 is 11.1 Å². The topological polar surface area (TPSA) is 71.0 Å². The predicted octanol–water partition coefficient (Wildman–Crippen LogP) is 3.42. The van der Waals surface area contributed by atoms with Crippen LogP contribution >= 0.6 is 11.8 Å². The van der Waals surface area contributed by atoms with E-state index in [9.17, 15) is 14.0 Å². The van der Waals surface area contributed by atoms with Crippen molar-refractivity contribution in [1.82, 2.24) is 4.90 Å². The number of carbonyl (C=O) groups excluding carboxylic acids is 2. The number of aliphatic imine (C=N–C) groups is 1. The summed E-state index contributed by atoms with van der Waals surface area (Å²) in [5.41, 5.74) is 1.04. The molecule has 0 spiro atoms. The van der Waals surface area contributed by atoms with Crippen molar-refractivity contribution in [2.75, 3.05) is 19.5 Å². The summed E-state index contributed by atoms with van der Waals surface area (Å²) in [6, 6.07) is 12.7. The Hall–Kier alpha value is -2.87. The van der Waals surface area contributed by atoms with E-state index in [4.69, 9.17) is 4.74 Å². The minimum absolute atomic E-state index is 0.0159. The number of nitrogens with one attached hydrogen (secondary N) is 1. The van der Waals surface area contributed by atoms with Crippen LogP contribution in [0.1, 0.15) is 6.42 Å². The number of thioether (sulfide) groups is 1. The van der Waals surface area contributed by atoms with Crippen LogP contribution in [0.2, 0.25) is 0 Å². The molecule has 1 aliphatic rings. The minimum Gasteiger partial charge on any atom is -0.497 e. The summed E-state index contributed by atoms with van der Waals surface area (Å²) in [6.07, 6.45) is 0.0159. The fourth-order valence-corrected chi connectivity index (χ4v) is 3.66. The smallest absolute Gasteiger partial charge is 0.242 e. The predicted molar refractivity (Wildman–Crippen MR) is 104 cm³/mol. The number of hydrogen-bond acceptors (Lipinski definition) is 5. The number of nitrogens with zero attached hydrogens (tertiary/aromatic N) is 2. The van der Waals surface area contributed by atoms with E-state index in [-0.39, 0.29) is 18.2 Å². The molecule has 2 amide bonds. The van der Waals surface area contributed by atoms with Crippen molar-refractivity contribution in [3.63, 3.8) is 0 Å². The third kappa shape index (κ3) is 4.65. The Kier molecular flexibility index (Phi) is 5.75. The molecule has 2 aromatic carbocycles. The summed E-state index contributed by atoms with van der Waals surface area (Å²) < 4.78 is 18.4. The summed E-state index contributed by atoms with van der Waals surface area (Å²) in [7, 11) is 3.16. The Morgan fingerprint density at radius 1 is 1.30 bits per heavy atom. The normalized spacial score (nSPS) is 18.0. The molecule has 140 valence electrons. The molecule has 1 N–H and O–H groups in total. The van der Waals surface area contributed by atoms with Gasteiger partial charge in [0.1, 0.15) is 16.8 Å². The standard InChI is InChI=1S/C19H18FN3O3S/c1-23-18(25)16(27-19(23)22-14-5-3-4-12(20)10-14)11-17(24)21-13-6-8-15(26-2)9-7-13/h3-10,16H,11H2,1-2H3,(H,21,24)/t16-/m0/s1. The number of halogens is 1. The zero-order chi connectivity index (χ0) is 19.4. The van der Waals surface area contributed by atoms with E-state index in [1.165, 1.54) is 28.8 Å². The summed E-state index contributed by atoms with van der Waals surface area (Å²) in [5, 5.41) is 2.63. The third-order valence-electron chi connectivity index (χ3n) is 3.92. The second kappa shape index (κ2) is 8.22. The molecule has 1 heterocycles. The first-order valence-corrected chi connectivity index (χ1v) is 9.06. The maximum Gasteiger partial charge on any atom is 0.242 e. The Labute approximate surface area is 160 Å². The van der Waals surface area contributed by atoms with Gasteiger partial charge in [-0.1, -0.05) is 17.8 Å². The maximum atomic E-state index is 13.3. The molecular formula is C19H18FN3O3S. The average molecular weight is 387 g/mol. The number of ether oxygens (including phenoxy) is 1. The summed E-state index contributed by atoms with van der Waals surface area (Å²) >= 11 is 1.20. The number of hydrogen-bond donors (Lipinski definition) is 1. The first-order chi connectivity index (χ1) is 13.0. The van der Waals surface area contributed by atoms with E-state index in [0.717, 1.165) is 0 Å². The Bertz CT molecular complexity index is 886. The zero-order valence-electron chi connectivity index (χ0n) is 14.8. The highest BCUT2D eigenvalue weighted by Crippen LogP contribution is 2.31. The van der Waals surface area contributed by atoms with Crippen LogP contribution in [-0.2, 0) is 9.59 Å². The van der Waals surface area contributed by atoms with Gasteiger partial charge in [0.2, 0.25) is 11.8 Å². The molecule has 1 saturated heterocycles. The number of carbonyl (C=O) groups is 2. The van der Waals surface area contributed by atoms with Gasteiger partial charge < -0.3 is 10.1 Å². The number of rotatable bonds is 5. The van der Waals surface area contributed by atoms with E-state index in [1.54, 1.807) is 50.6 Å². The molecule has 6 nitrogen and oxygen atoms in total. The van der Waals surface area contributed by atoms with Gasteiger partial charge in [0, 0.05) is 19.2 Å². The van der Waals surface area contributed by atoms with Gasteiger partial charge >= 0.3 is 0 Å². The van der Waals surface area contributed by atoms with Gasteiger partial charge in [-0.25, -0.2) is 9.38 Å². The first kappa shape index (κ1) is 18.9. The van der Waals surface area contributed by atoms with Crippen molar-refractivity contribution in [2.45, 2.75) is 11.7 Å². The molecule has 0 radical (unpaired) electrons. The first-order valence-electron chi connectivity index (χ1n) is 8.18. The fourth-order valence-electron chi connectivity index (χ4n) is 2.51. The molecule has 27 heavy (non-hydrogen) atoms. The van der Waals surface area contributed by atoms with Gasteiger partial charge in [0.15, 0.2) is 5.17 Å². The molecule has 1 aliphatic heterocycles. The molecule has 8 heteroatoms. The van der Waals surface area contributed by atoms with Crippen molar-refractivity contribution < 1.29 is 18.7 Å². The number of amides is 2. The number of methoxy groups -OCH3 is 1. The largest absolute Gasteiger partial charge is 0.497 e. The molecule has 0 aliphatic carbocycles. The van der Waals surface area contributed by atoms with E-state index in [0.29, 0.717) is 22.3 Å².